The van der Waals surface area contributed by atoms with Crippen LogP contribution in [0.4, 0.5) is 0 Å². The van der Waals surface area contributed by atoms with Crippen molar-refractivity contribution in [1.82, 2.24) is 9.78 Å². The van der Waals surface area contributed by atoms with Crippen molar-refractivity contribution >= 4 is 10.9 Å². The molecule has 0 spiro atoms. The second kappa shape index (κ2) is 5.64. The normalized spacial score (nSPS) is 24.1. The van der Waals surface area contributed by atoms with E-state index in [9.17, 15) is 5.11 Å². The van der Waals surface area contributed by atoms with E-state index >= 15 is 0 Å². The zero-order valence-corrected chi connectivity index (χ0v) is 13.1. The number of nitrogens with zero attached hydrogens (tertiary/aromatic N) is 2. The number of allylic oxidation sites excluding steroid dienone is 2. The molecule has 112 valence electrons. The van der Waals surface area contributed by atoms with Crippen molar-refractivity contribution < 1.29 is 5.11 Å². The lowest BCUT2D eigenvalue weighted by Gasteiger charge is -2.29. The number of aliphatic hydroxyl groups is 1. The van der Waals surface area contributed by atoms with Gasteiger partial charge in [-0.1, -0.05) is 36.8 Å². The molecule has 3 unspecified atom stereocenters. The van der Waals surface area contributed by atoms with Crippen LogP contribution in [0.15, 0.2) is 35.9 Å². The van der Waals surface area contributed by atoms with Gasteiger partial charge in [0.05, 0.1) is 17.3 Å². The van der Waals surface area contributed by atoms with Gasteiger partial charge in [-0.25, -0.2) is 0 Å². The summed E-state index contributed by atoms with van der Waals surface area (Å²) in [6.45, 7) is 4.41. The Kier molecular flexibility index (Phi) is 3.85. The molecule has 1 N–H and O–H groups in total. The van der Waals surface area contributed by atoms with Crippen molar-refractivity contribution in [3.8, 4) is 0 Å². The molecular weight excluding hydrogens is 260 g/mol. The van der Waals surface area contributed by atoms with Crippen LogP contribution in [-0.4, -0.2) is 21.0 Å². The molecule has 3 atom stereocenters. The Morgan fingerprint density at radius 2 is 2.14 bits per heavy atom. The third kappa shape index (κ3) is 2.88. The lowest BCUT2D eigenvalue weighted by Crippen LogP contribution is -2.27. The second-order valence-corrected chi connectivity index (χ2v) is 6.55. The van der Waals surface area contributed by atoms with E-state index in [0.717, 1.165) is 29.4 Å². The van der Waals surface area contributed by atoms with Gasteiger partial charge < -0.3 is 5.11 Å². The van der Waals surface area contributed by atoms with Gasteiger partial charge in [-0.05, 0) is 37.7 Å². The highest BCUT2D eigenvalue weighted by molar-refractivity contribution is 5.81. The monoisotopic (exact) mass is 284 g/mol. The maximum Gasteiger partial charge on any atom is 0.0729 e. The van der Waals surface area contributed by atoms with E-state index in [1.54, 1.807) is 0 Å². The van der Waals surface area contributed by atoms with Crippen LogP contribution >= 0.6 is 0 Å². The smallest absolute Gasteiger partial charge is 0.0729 e. The molecule has 0 saturated heterocycles. The summed E-state index contributed by atoms with van der Waals surface area (Å²) in [5.74, 6) is 0.921. The van der Waals surface area contributed by atoms with E-state index in [4.69, 9.17) is 0 Å². The molecule has 21 heavy (non-hydrogen) atoms. The Bertz CT molecular complexity index is 671. The summed E-state index contributed by atoms with van der Waals surface area (Å²) in [6.07, 6.45) is 4.75. The average molecular weight is 284 g/mol. The summed E-state index contributed by atoms with van der Waals surface area (Å²) in [7, 11) is 1.97. The van der Waals surface area contributed by atoms with Crippen molar-refractivity contribution in [2.45, 2.75) is 39.2 Å². The molecule has 0 aliphatic heterocycles. The minimum Gasteiger partial charge on any atom is -0.392 e. The predicted molar refractivity (Wildman–Crippen MR) is 86.1 cm³/mol. The van der Waals surface area contributed by atoms with Gasteiger partial charge in [-0.3, -0.25) is 4.68 Å². The van der Waals surface area contributed by atoms with Gasteiger partial charge in [0.25, 0.3) is 0 Å². The molecule has 0 radical (unpaired) electrons. The van der Waals surface area contributed by atoms with Crippen molar-refractivity contribution in [1.29, 1.82) is 0 Å². The van der Waals surface area contributed by atoms with Crippen LogP contribution in [0.1, 0.15) is 32.4 Å². The number of hydrogen-bond donors (Lipinski definition) is 1. The molecule has 1 aliphatic rings. The van der Waals surface area contributed by atoms with Gasteiger partial charge in [0.15, 0.2) is 0 Å². The number of hydrogen-bond acceptors (Lipinski definition) is 2. The molecule has 0 amide bonds. The maximum atomic E-state index is 10.7. The zero-order chi connectivity index (χ0) is 15.0. The summed E-state index contributed by atoms with van der Waals surface area (Å²) < 4.78 is 1.91. The number of rotatable bonds is 3. The number of aliphatic hydroxyl groups excluding tert-OH is 1. The maximum absolute atomic E-state index is 10.7. The topological polar surface area (TPSA) is 38.1 Å². The molecule has 3 nitrogen and oxygen atoms in total. The Balaban J connectivity index is 1.81. The van der Waals surface area contributed by atoms with Gasteiger partial charge in [0, 0.05) is 18.9 Å². The quantitative estimate of drug-likeness (QED) is 0.876. The van der Waals surface area contributed by atoms with Gasteiger partial charge in [0.2, 0.25) is 0 Å². The molecule has 1 heterocycles. The van der Waals surface area contributed by atoms with Crippen LogP contribution in [0.2, 0.25) is 0 Å². The second-order valence-electron chi connectivity index (χ2n) is 6.55. The number of benzene rings is 1. The third-order valence-electron chi connectivity index (χ3n) is 4.61. The summed E-state index contributed by atoms with van der Waals surface area (Å²) in [5.41, 5.74) is 3.55. The third-order valence-corrected chi connectivity index (χ3v) is 4.61. The van der Waals surface area contributed by atoms with E-state index in [1.165, 1.54) is 5.57 Å². The van der Waals surface area contributed by atoms with Crippen LogP contribution in [0.3, 0.4) is 0 Å². The average Bonchev–Trinajstić information content (AvgIpc) is 2.75. The first-order valence-electron chi connectivity index (χ1n) is 7.80. The first kappa shape index (κ1) is 14.3. The van der Waals surface area contributed by atoms with Gasteiger partial charge in [-0.15, -0.1) is 0 Å². The van der Waals surface area contributed by atoms with Crippen molar-refractivity contribution in [3.63, 3.8) is 0 Å². The summed E-state index contributed by atoms with van der Waals surface area (Å²) in [6, 6.07) is 8.24. The molecule has 1 aliphatic carbocycles. The highest BCUT2D eigenvalue weighted by Gasteiger charge is 2.26. The molecule has 3 rings (SSSR count). The lowest BCUT2D eigenvalue weighted by molar-refractivity contribution is 0.0925. The minimum absolute atomic E-state index is 0.311. The molecule has 0 bridgehead atoms. The first-order valence-corrected chi connectivity index (χ1v) is 7.80. The zero-order valence-electron chi connectivity index (χ0n) is 13.1. The van der Waals surface area contributed by atoms with E-state index in [-0.39, 0.29) is 6.10 Å². The number of fused-ring (bicyclic) bond motifs is 1. The molecular formula is C18H24N2O. The van der Waals surface area contributed by atoms with Crippen LogP contribution in [0, 0.1) is 11.8 Å². The standard InChI is InChI=1S/C18H24N2O/c1-12-8-13(2)10-14(9-12)18(21)11-16-15-6-4-5-7-17(15)20(3)19-16/h4-8,12,14,18,21H,9-11H2,1-3H3. The summed E-state index contributed by atoms with van der Waals surface area (Å²) in [5, 5.41) is 16.4. The summed E-state index contributed by atoms with van der Waals surface area (Å²) in [4.78, 5) is 0. The Hall–Kier alpha value is -1.61. The van der Waals surface area contributed by atoms with Crippen LogP contribution in [-0.2, 0) is 13.5 Å². The fourth-order valence-corrected chi connectivity index (χ4v) is 3.69. The number of aromatic nitrogens is 2. The fourth-order valence-electron chi connectivity index (χ4n) is 3.69. The van der Waals surface area contributed by atoms with Crippen LogP contribution < -0.4 is 0 Å². The van der Waals surface area contributed by atoms with Gasteiger partial charge in [-0.2, -0.15) is 5.10 Å². The molecule has 0 fully saturated rings. The molecule has 0 saturated carbocycles. The van der Waals surface area contributed by atoms with E-state index in [2.05, 4.69) is 37.2 Å². The van der Waals surface area contributed by atoms with Crippen molar-refractivity contribution in [2.75, 3.05) is 0 Å². The molecule has 1 aromatic carbocycles. The molecule has 2 aromatic rings. The van der Waals surface area contributed by atoms with Crippen LogP contribution in [0.5, 0.6) is 0 Å². The highest BCUT2D eigenvalue weighted by Crippen LogP contribution is 2.32. The minimum atomic E-state index is -0.311. The summed E-state index contributed by atoms with van der Waals surface area (Å²) >= 11 is 0. The van der Waals surface area contributed by atoms with E-state index < -0.39 is 0 Å². The fraction of sp³-hybridized carbons (Fsp3) is 0.500. The first-order chi connectivity index (χ1) is 10.0. The van der Waals surface area contributed by atoms with E-state index in [0.29, 0.717) is 18.3 Å². The Morgan fingerprint density at radius 1 is 1.38 bits per heavy atom. The van der Waals surface area contributed by atoms with Crippen LogP contribution in [0.25, 0.3) is 10.9 Å². The number of aryl methyl sites for hydroxylation is 1. The van der Waals surface area contributed by atoms with Gasteiger partial charge in [0.1, 0.15) is 0 Å². The highest BCUT2D eigenvalue weighted by atomic mass is 16.3. The Labute approximate surface area is 126 Å². The lowest BCUT2D eigenvalue weighted by atomic mass is 9.79. The Morgan fingerprint density at radius 3 is 2.90 bits per heavy atom. The van der Waals surface area contributed by atoms with E-state index in [1.807, 2.05) is 23.9 Å². The van der Waals surface area contributed by atoms with Crippen molar-refractivity contribution in [3.05, 3.63) is 41.6 Å². The number of para-hydroxylation sites is 1. The molecule has 3 heteroatoms. The SMILES string of the molecule is CC1=CC(C)CC(C(O)Cc2nn(C)c3ccccc23)C1. The predicted octanol–water partition coefficient (Wildman–Crippen LogP) is 3.47. The molecule has 1 aromatic heterocycles. The van der Waals surface area contributed by atoms with Crippen molar-refractivity contribution in [2.24, 2.45) is 18.9 Å². The largest absolute Gasteiger partial charge is 0.392 e. The van der Waals surface area contributed by atoms with Gasteiger partial charge >= 0.3 is 0 Å².